The molecule has 2 aromatic carbocycles. The number of nitrogens with zero attached hydrogens (tertiary/aromatic N) is 2. The molecule has 0 aliphatic carbocycles. The van der Waals surface area contributed by atoms with E-state index >= 15 is 0 Å². The molecule has 6 nitrogen and oxygen atoms in total. The number of furan rings is 1. The van der Waals surface area contributed by atoms with E-state index in [2.05, 4.69) is 4.99 Å². The van der Waals surface area contributed by atoms with Crippen LogP contribution in [0.25, 0.3) is 17.4 Å². The Morgan fingerprint density at radius 2 is 1.89 bits per heavy atom. The summed E-state index contributed by atoms with van der Waals surface area (Å²) in [5, 5.41) is 11.7. The number of thioether (sulfide) groups is 1. The molecule has 0 spiro atoms. The van der Waals surface area contributed by atoms with Gasteiger partial charge in [-0.15, -0.1) is 0 Å². The van der Waals surface area contributed by atoms with Gasteiger partial charge in [0.25, 0.3) is 11.6 Å². The van der Waals surface area contributed by atoms with Gasteiger partial charge in [-0.25, -0.2) is 4.99 Å². The fraction of sp³-hybridized carbons (Fsp3) is 0. The van der Waals surface area contributed by atoms with Crippen LogP contribution in [-0.2, 0) is 4.79 Å². The molecule has 0 atom stereocenters. The van der Waals surface area contributed by atoms with Crippen molar-refractivity contribution in [2.45, 2.75) is 0 Å². The molecule has 0 saturated heterocycles. The van der Waals surface area contributed by atoms with Crippen molar-refractivity contribution in [3.63, 3.8) is 0 Å². The minimum atomic E-state index is -0.513. The van der Waals surface area contributed by atoms with E-state index in [0.717, 1.165) is 5.56 Å². The second-order valence-corrected chi connectivity index (χ2v) is 7.26. The number of carbonyl (C=O) groups is 1. The number of carbonyl (C=O) groups excluding carboxylic acids is 1. The summed E-state index contributed by atoms with van der Waals surface area (Å²) in [5.41, 5.74) is 1.31. The molecule has 0 N–H and O–H groups in total. The summed E-state index contributed by atoms with van der Waals surface area (Å²) in [4.78, 5) is 27.0. The van der Waals surface area contributed by atoms with E-state index < -0.39 is 4.92 Å². The molecule has 1 amide bonds. The van der Waals surface area contributed by atoms with Gasteiger partial charge in [0.15, 0.2) is 0 Å². The van der Waals surface area contributed by atoms with Crippen LogP contribution in [0.4, 0.5) is 5.69 Å². The Labute approximate surface area is 168 Å². The number of hydrogen-bond donors (Lipinski definition) is 0. The first-order valence-electron chi connectivity index (χ1n) is 8.13. The van der Waals surface area contributed by atoms with Gasteiger partial charge in [0.05, 0.1) is 14.9 Å². The van der Waals surface area contributed by atoms with E-state index in [0.29, 0.717) is 27.0 Å². The topological polar surface area (TPSA) is 85.7 Å². The van der Waals surface area contributed by atoms with Gasteiger partial charge in [0, 0.05) is 29.3 Å². The largest absolute Gasteiger partial charge is 0.457 e. The summed E-state index contributed by atoms with van der Waals surface area (Å²) in [7, 11) is 0. The SMILES string of the molecule is O=C1N=C(c2ccccc2)SC1=Cc1ccc(-c2ccc([N+](=O)[O-])cc2Cl)o1. The third-order valence-corrected chi connectivity index (χ3v) is 5.32. The number of nitro benzene ring substituents is 1. The molecule has 2 heterocycles. The molecular weight excluding hydrogens is 400 g/mol. The van der Waals surface area contributed by atoms with Gasteiger partial charge < -0.3 is 4.42 Å². The van der Waals surface area contributed by atoms with Gasteiger partial charge in [-0.1, -0.05) is 53.7 Å². The normalized spacial score (nSPS) is 15.1. The van der Waals surface area contributed by atoms with Crippen LogP contribution in [0, 0.1) is 10.1 Å². The van der Waals surface area contributed by atoms with Crippen molar-refractivity contribution in [1.29, 1.82) is 0 Å². The molecule has 1 aliphatic heterocycles. The number of nitro groups is 1. The van der Waals surface area contributed by atoms with Gasteiger partial charge in [0.2, 0.25) is 0 Å². The Balaban J connectivity index is 1.57. The van der Waals surface area contributed by atoms with Crippen molar-refractivity contribution in [3.05, 3.63) is 92.0 Å². The number of non-ortho nitro benzene ring substituents is 1. The highest BCUT2D eigenvalue weighted by Gasteiger charge is 2.23. The van der Waals surface area contributed by atoms with Crippen LogP contribution in [0.15, 0.2) is 75.0 Å². The molecule has 8 heteroatoms. The van der Waals surface area contributed by atoms with E-state index in [1.807, 2.05) is 30.3 Å². The van der Waals surface area contributed by atoms with Gasteiger partial charge in [0.1, 0.15) is 16.6 Å². The third kappa shape index (κ3) is 3.62. The molecule has 1 aromatic heterocycles. The average Bonchev–Trinajstić information content (AvgIpc) is 3.30. The van der Waals surface area contributed by atoms with Crippen LogP contribution in [0.5, 0.6) is 0 Å². The van der Waals surface area contributed by atoms with Crippen molar-refractivity contribution in [3.8, 4) is 11.3 Å². The molecule has 0 radical (unpaired) electrons. The zero-order chi connectivity index (χ0) is 19.7. The molecule has 0 fully saturated rings. The minimum Gasteiger partial charge on any atom is -0.457 e. The fourth-order valence-corrected chi connectivity index (χ4v) is 3.80. The maximum absolute atomic E-state index is 12.2. The lowest BCUT2D eigenvalue weighted by molar-refractivity contribution is -0.384. The van der Waals surface area contributed by atoms with Crippen LogP contribution < -0.4 is 0 Å². The van der Waals surface area contributed by atoms with Crippen molar-refractivity contribution < 1.29 is 14.1 Å². The summed E-state index contributed by atoms with van der Waals surface area (Å²) in [6.07, 6.45) is 1.62. The Morgan fingerprint density at radius 1 is 1.11 bits per heavy atom. The smallest absolute Gasteiger partial charge is 0.285 e. The zero-order valence-corrected chi connectivity index (χ0v) is 15.7. The molecule has 4 rings (SSSR count). The van der Waals surface area contributed by atoms with Crippen LogP contribution >= 0.6 is 23.4 Å². The highest BCUT2D eigenvalue weighted by atomic mass is 35.5. The van der Waals surface area contributed by atoms with Crippen LogP contribution in [0.1, 0.15) is 11.3 Å². The van der Waals surface area contributed by atoms with E-state index in [9.17, 15) is 14.9 Å². The third-order valence-electron chi connectivity index (χ3n) is 3.97. The molecule has 28 heavy (non-hydrogen) atoms. The molecule has 1 aliphatic rings. The monoisotopic (exact) mass is 410 g/mol. The standard InChI is InChI=1S/C20H11ClN2O4S/c21-16-10-13(23(25)26)6-8-15(16)17-9-7-14(27-17)11-18-19(24)22-20(28-18)12-4-2-1-3-5-12/h1-11H. The van der Waals surface area contributed by atoms with Gasteiger partial charge in [-0.05, 0) is 18.2 Å². The minimum absolute atomic E-state index is 0.0961. The van der Waals surface area contributed by atoms with Crippen LogP contribution in [0.3, 0.4) is 0 Å². The van der Waals surface area contributed by atoms with Crippen molar-refractivity contribution in [2.24, 2.45) is 4.99 Å². The number of hydrogen-bond acceptors (Lipinski definition) is 5. The van der Waals surface area contributed by atoms with Crippen molar-refractivity contribution in [1.82, 2.24) is 0 Å². The summed E-state index contributed by atoms with van der Waals surface area (Å²) in [5.74, 6) is 0.589. The van der Waals surface area contributed by atoms with Crippen LogP contribution in [0.2, 0.25) is 5.02 Å². The molecule has 138 valence electrons. The Kier molecular flexibility index (Phi) is 4.85. The lowest BCUT2D eigenvalue weighted by Crippen LogP contribution is -1.89. The van der Waals surface area contributed by atoms with Crippen molar-refractivity contribution in [2.75, 3.05) is 0 Å². The quantitative estimate of drug-likeness (QED) is 0.319. The summed E-state index contributed by atoms with van der Waals surface area (Å²) >= 11 is 7.42. The van der Waals surface area contributed by atoms with E-state index in [1.165, 1.54) is 30.0 Å². The molecule has 0 bridgehead atoms. The zero-order valence-electron chi connectivity index (χ0n) is 14.2. The average molecular weight is 411 g/mol. The molecular formula is C20H11ClN2O4S. The molecule has 0 unspecified atom stereocenters. The van der Waals surface area contributed by atoms with Gasteiger partial charge >= 0.3 is 0 Å². The van der Waals surface area contributed by atoms with Gasteiger partial charge in [-0.2, -0.15) is 0 Å². The highest BCUT2D eigenvalue weighted by Crippen LogP contribution is 2.35. The Bertz CT molecular complexity index is 1150. The van der Waals surface area contributed by atoms with Crippen LogP contribution in [-0.4, -0.2) is 15.9 Å². The number of benzene rings is 2. The first-order chi connectivity index (χ1) is 13.5. The molecule has 3 aromatic rings. The first-order valence-corrected chi connectivity index (χ1v) is 9.33. The lowest BCUT2D eigenvalue weighted by atomic mass is 10.1. The maximum Gasteiger partial charge on any atom is 0.285 e. The first kappa shape index (κ1) is 18.2. The van der Waals surface area contributed by atoms with Gasteiger partial charge in [-0.3, -0.25) is 14.9 Å². The summed E-state index contributed by atoms with van der Waals surface area (Å²) in [6, 6.07) is 17.0. The Hall–Kier alpha value is -3.16. The summed E-state index contributed by atoms with van der Waals surface area (Å²) in [6.45, 7) is 0. The number of rotatable bonds is 4. The molecule has 0 saturated carbocycles. The van der Waals surface area contributed by atoms with E-state index in [4.69, 9.17) is 16.0 Å². The highest BCUT2D eigenvalue weighted by molar-refractivity contribution is 8.19. The number of aliphatic imine (C=N–C) groups is 1. The summed E-state index contributed by atoms with van der Waals surface area (Å²) < 4.78 is 5.75. The predicted molar refractivity (Wildman–Crippen MR) is 109 cm³/mol. The Morgan fingerprint density at radius 3 is 2.61 bits per heavy atom. The second kappa shape index (κ2) is 7.46. The second-order valence-electron chi connectivity index (χ2n) is 5.82. The maximum atomic E-state index is 12.2. The number of amides is 1. The van der Waals surface area contributed by atoms with Crippen molar-refractivity contribution >= 4 is 46.1 Å². The van der Waals surface area contributed by atoms with E-state index in [1.54, 1.807) is 18.2 Å². The number of halogens is 1. The predicted octanol–water partition coefficient (Wildman–Crippen LogP) is 5.57. The lowest BCUT2D eigenvalue weighted by Gasteiger charge is -2.00. The van der Waals surface area contributed by atoms with E-state index in [-0.39, 0.29) is 16.6 Å². The fourth-order valence-electron chi connectivity index (χ4n) is 2.64.